The zero-order valence-electron chi connectivity index (χ0n) is 11.6. The number of hydrogen-bond acceptors (Lipinski definition) is 3. The van der Waals surface area contributed by atoms with Crippen LogP contribution in [0.3, 0.4) is 0 Å². The lowest BCUT2D eigenvalue weighted by atomic mass is 9.98. The molecule has 0 bridgehead atoms. The van der Waals surface area contributed by atoms with Crippen molar-refractivity contribution in [3.05, 3.63) is 22.7 Å². The Morgan fingerprint density at radius 1 is 1.40 bits per heavy atom. The summed E-state index contributed by atoms with van der Waals surface area (Å²) in [6.07, 6.45) is 0. The van der Waals surface area contributed by atoms with Crippen LogP contribution in [0.25, 0.3) is 0 Å². The predicted molar refractivity (Wildman–Crippen MR) is 79.8 cm³/mol. The number of piperazine rings is 1. The fraction of sp³-hybridized carbons (Fsp3) is 0.429. The summed E-state index contributed by atoms with van der Waals surface area (Å²) >= 11 is 3.38. The highest BCUT2D eigenvalue weighted by molar-refractivity contribution is 9.10. The first kappa shape index (κ1) is 14.8. The van der Waals surface area contributed by atoms with Gasteiger partial charge in [-0.25, -0.2) is 0 Å². The van der Waals surface area contributed by atoms with Gasteiger partial charge < -0.3 is 10.1 Å². The number of methoxy groups -OCH3 is 1. The average Bonchev–Trinajstić information content (AvgIpc) is 2.41. The maximum Gasteiger partial charge on any atom is 0.247 e. The van der Waals surface area contributed by atoms with Crippen molar-refractivity contribution in [2.24, 2.45) is 5.92 Å². The first-order valence-corrected chi connectivity index (χ1v) is 7.18. The number of nitrogens with zero attached hydrogens (tertiary/aromatic N) is 1. The van der Waals surface area contributed by atoms with Crippen LogP contribution >= 0.6 is 15.9 Å². The molecule has 1 aromatic carbocycles. The van der Waals surface area contributed by atoms with Gasteiger partial charge in [-0.1, -0.05) is 13.8 Å². The summed E-state index contributed by atoms with van der Waals surface area (Å²) in [7, 11) is 1.56. The van der Waals surface area contributed by atoms with Gasteiger partial charge in [0.25, 0.3) is 0 Å². The van der Waals surface area contributed by atoms with Crippen LogP contribution in [0, 0.1) is 5.92 Å². The molecule has 2 rings (SSSR count). The molecule has 0 saturated carbocycles. The maximum atomic E-state index is 12.2. The predicted octanol–water partition coefficient (Wildman–Crippen LogP) is 1.95. The van der Waals surface area contributed by atoms with Crippen molar-refractivity contribution in [2.45, 2.75) is 19.9 Å². The molecule has 1 aliphatic rings. The molecule has 1 N–H and O–H groups in total. The lowest BCUT2D eigenvalue weighted by Gasteiger charge is -2.37. The highest BCUT2D eigenvalue weighted by Crippen LogP contribution is 2.32. The molecule has 1 aliphatic heterocycles. The molecule has 108 valence electrons. The maximum absolute atomic E-state index is 12.2. The van der Waals surface area contributed by atoms with Crippen LogP contribution < -0.4 is 15.0 Å². The molecule has 1 aromatic rings. The molecule has 0 aromatic heterocycles. The number of carbonyl (C=O) groups is 2. The van der Waals surface area contributed by atoms with E-state index in [0.29, 0.717) is 11.4 Å². The van der Waals surface area contributed by atoms with Crippen LogP contribution in [-0.4, -0.2) is 31.5 Å². The molecule has 5 nitrogen and oxygen atoms in total. The smallest absolute Gasteiger partial charge is 0.247 e. The third-order valence-corrected chi connectivity index (χ3v) is 3.93. The Bertz CT molecular complexity index is 545. The van der Waals surface area contributed by atoms with E-state index in [9.17, 15) is 9.59 Å². The van der Waals surface area contributed by atoms with E-state index in [1.807, 2.05) is 19.9 Å². The zero-order chi connectivity index (χ0) is 14.9. The third kappa shape index (κ3) is 2.65. The summed E-state index contributed by atoms with van der Waals surface area (Å²) in [6.45, 7) is 3.87. The van der Waals surface area contributed by atoms with Gasteiger partial charge in [-0.05, 0) is 34.0 Å². The molecule has 20 heavy (non-hydrogen) atoms. The lowest BCUT2D eigenvalue weighted by Crippen LogP contribution is -2.60. The number of halogens is 1. The minimum absolute atomic E-state index is 0.0221. The fourth-order valence-corrected chi connectivity index (χ4v) is 2.74. The van der Waals surface area contributed by atoms with Gasteiger partial charge in [0.1, 0.15) is 11.8 Å². The molecular weight excluding hydrogens is 324 g/mol. The van der Waals surface area contributed by atoms with Gasteiger partial charge in [0.2, 0.25) is 11.8 Å². The van der Waals surface area contributed by atoms with Crippen LogP contribution in [0.4, 0.5) is 5.69 Å². The average molecular weight is 341 g/mol. The summed E-state index contributed by atoms with van der Waals surface area (Å²) < 4.78 is 6.05. The molecule has 0 spiro atoms. The second-order valence-corrected chi connectivity index (χ2v) is 5.84. The second-order valence-electron chi connectivity index (χ2n) is 4.99. The van der Waals surface area contributed by atoms with E-state index >= 15 is 0 Å². The largest absolute Gasteiger partial charge is 0.495 e. The van der Waals surface area contributed by atoms with Gasteiger partial charge in [-0.15, -0.1) is 0 Å². The van der Waals surface area contributed by atoms with E-state index in [1.54, 1.807) is 24.1 Å². The van der Waals surface area contributed by atoms with Gasteiger partial charge in [0, 0.05) is 11.8 Å². The molecule has 1 fully saturated rings. The minimum atomic E-state index is -0.498. The summed E-state index contributed by atoms with van der Waals surface area (Å²) in [5.74, 6) is 0.409. The van der Waals surface area contributed by atoms with Crippen molar-refractivity contribution in [1.29, 1.82) is 0 Å². The van der Waals surface area contributed by atoms with Crippen molar-refractivity contribution in [3.8, 4) is 5.75 Å². The molecule has 1 heterocycles. The van der Waals surface area contributed by atoms with Crippen LogP contribution in [0.1, 0.15) is 13.8 Å². The highest BCUT2D eigenvalue weighted by atomic mass is 79.9. The number of rotatable bonds is 3. The van der Waals surface area contributed by atoms with Crippen LogP contribution in [-0.2, 0) is 9.59 Å². The lowest BCUT2D eigenvalue weighted by molar-refractivity contribution is -0.131. The topological polar surface area (TPSA) is 58.6 Å². The first-order valence-electron chi connectivity index (χ1n) is 6.39. The minimum Gasteiger partial charge on any atom is -0.495 e. The number of anilines is 1. The SMILES string of the molecule is COc1cc(N2C(=O)CNC(=O)C2C(C)C)ccc1Br. The molecule has 1 unspecified atom stereocenters. The van der Waals surface area contributed by atoms with Crippen molar-refractivity contribution in [2.75, 3.05) is 18.6 Å². The Labute approximate surface area is 126 Å². The van der Waals surface area contributed by atoms with Crippen LogP contribution in [0.2, 0.25) is 0 Å². The summed E-state index contributed by atoms with van der Waals surface area (Å²) in [5.41, 5.74) is 0.670. The monoisotopic (exact) mass is 340 g/mol. The molecule has 6 heteroatoms. The van der Waals surface area contributed by atoms with Crippen molar-refractivity contribution in [1.82, 2.24) is 5.32 Å². The molecule has 0 aliphatic carbocycles. The van der Waals surface area contributed by atoms with E-state index in [-0.39, 0.29) is 24.3 Å². The fourth-order valence-electron chi connectivity index (χ4n) is 2.33. The third-order valence-electron chi connectivity index (χ3n) is 3.27. The van der Waals surface area contributed by atoms with Gasteiger partial charge in [-0.3, -0.25) is 14.5 Å². The van der Waals surface area contributed by atoms with E-state index in [2.05, 4.69) is 21.2 Å². The van der Waals surface area contributed by atoms with Gasteiger partial charge in [0.15, 0.2) is 0 Å². The van der Waals surface area contributed by atoms with Gasteiger partial charge in [0.05, 0.1) is 18.1 Å². The number of nitrogens with one attached hydrogen (secondary N) is 1. The standard InChI is InChI=1S/C14H17BrN2O3/c1-8(2)13-14(19)16-7-12(18)17(13)9-4-5-10(15)11(6-9)20-3/h4-6,8,13H,7H2,1-3H3,(H,16,19). The molecular formula is C14H17BrN2O3. The van der Waals surface area contributed by atoms with E-state index in [0.717, 1.165) is 4.47 Å². The van der Waals surface area contributed by atoms with Crippen molar-refractivity contribution >= 4 is 33.4 Å². The quantitative estimate of drug-likeness (QED) is 0.914. The number of amides is 2. The Morgan fingerprint density at radius 3 is 2.70 bits per heavy atom. The van der Waals surface area contributed by atoms with Crippen LogP contribution in [0.15, 0.2) is 22.7 Å². The van der Waals surface area contributed by atoms with Crippen LogP contribution in [0.5, 0.6) is 5.75 Å². The Kier molecular flexibility index (Phi) is 4.32. The number of ether oxygens (including phenoxy) is 1. The number of benzene rings is 1. The Morgan fingerprint density at radius 2 is 2.10 bits per heavy atom. The van der Waals surface area contributed by atoms with Crippen molar-refractivity contribution in [3.63, 3.8) is 0 Å². The first-order chi connectivity index (χ1) is 9.45. The molecule has 0 radical (unpaired) electrons. The summed E-state index contributed by atoms with van der Waals surface area (Å²) in [4.78, 5) is 25.8. The van der Waals surface area contributed by atoms with Crippen molar-refractivity contribution < 1.29 is 14.3 Å². The normalized spacial score (nSPS) is 19.2. The Hall–Kier alpha value is -1.56. The second kappa shape index (κ2) is 5.83. The van der Waals surface area contributed by atoms with Gasteiger partial charge >= 0.3 is 0 Å². The molecule has 1 saturated heterocycles. The Balaban J connectivity index is 2.45. The van der Waals surface area contributed by atoms with E-state index < -0.39 is 6.04 Å². The van der Waals surface area contributed by atoms with Gasteiger partial charge in [-0.2, -0.15) is 0 Å². The van der Waals surface area contributed by atoms with E-state index in [1.165, 1.54) is 0 Å². The molecule has 1 atom stereocenters. The number of carbonyl (C=O) groups excluding carboxylic acids is 2. The molecule has 2 amide bonds. The summed E-state index contributed by atoms with van der Waals surface area (Å²) in [5, 5.41) is 2.63. The summed E-state index contributed by atoms with van der Waals surface area (Å²) in [6, 6.07) is 4.88. The highest BCUT2D eigenvalue weighted by Gasteiger charge is 2.37. The van der Waals surface area contributed by atoms with E-state index in [4.69, 9.17) is 4.74 Å². The zero-order valence-corrected chi connectivity index (χ0v) is 13.2. The number of hydrogen-bond donors (Lipinski definition) is 1.